The van der Waals surface area contributed by atoms with E-state index in [0.29, 0.717) is 34.0 Å². The van der Waals surface area contributed by atoms with Crippen molar-refractivity contribution in [2.75, 3.05) is 22.9 Å². The molecule has 0 saturated carbocycles. The second-order valence-corrected chi connectivity index (χ2v) is 11.9. The van der Waals surface area contributed by atoms with E-state index < -0.39 is 5.91 Å². The number of para-hydroxylation sites is 1. The standard InChI is InChI=1S/C30H32N6O3S2/c1-5-34-26(33-15-11-6-7-12-16-33)22(19(2)23(18-31)27(34)37)17-24-28(38)35(30(40)41-24)25-20(3)32(4)36(29(25)39)21-13-9-8-10-14-21/h8-10,13-14,17H,5-7,11-12,15-16H2,1-4H3/b24-17-. The lowest BCUT2D eigenvalue weighted by Gasteiger charge is -2.29. The fourth-order valence-corrected chi connectivity index (χ4v) is 6.92. The van der Waals surface area contributed by atoms with Crippen LogP contribution >= 0.6 is 24.0 Å². The van der Waals surface area contributed by atoms with Gasteiger partial charge in [-0.15, -0.1) is 0 Å². The van der Waals surface area contributed by atoms with Crippen LogP contribution in [0.2, 0.25) is 0 Å². The van der Waals surface area contributed by atoms with E-state index >= 15 is 0 Å². The largest absolute Gasteiger partial charge is 0.357 e. The van der Waals surface area contributed by atoms with Crippen molar-refractivity contribution >= 4 is 51.8 Å². The van der Waals surface area contributed by atoms with Gasteiger partial charge in [0.2, 0.25) is 0 Å². The van der Waals surface area contributed by atoms with E-state index in [4.69, 9.17) is 12.2 Å². The quantitative estimate of drug-likeness (QED) is 0.317. The molecule has 2 saturated heterocycles. The number of nitriles is 1. The maximum Gasteiger partial charge on any atom is 0.296 e. The van der Waals surface area contributed by atoms with Gasteiger partial charge in [-0.05, 0) is 57.4 Å². The van der Waals surface area contributed by atoms with Gasteiger partial charge in [-0.2, -0.15) is 5.26 Å². The molecule has 212 valence electrons. The van der Waals surface area contributed by atoms with Crippen LogP contribution in [0.25, 0.3) is 11.8 Å². The van der Waals surface area contributed by atoms with Crippen LogP contribution in [0.1, 0.15) is 55.0 Å². The number of thiocarbonyl (C=S) groups is 1. The van der Waals surface area contributed by atoms with Crippen LogP contribution in [0.5, 0.6) is 0 Å². The molecule has 0 N–H and O–H groups in total. The minimum absolute atomic E-state index is 0.0665. The molecule has 0 spiro atoms. The molecular formula is C30H32N6O3S2. The van der Waals surface area contributed by atoms with Crippen LogP contribution in [0.15, 0.2) is 44.8 Å². The number of nitrogens with zero attached hydrogens (tertiary/aromatic N) is 6. The van der Waals surface area contributed by atoms with Crippen molar-refractivity contribution in [3.63, 3.8) is 0 Å². The van der Waals surface area contributed by atoms with Crippen LogP contribution < -0.4 is 20.9 Å². The summed E-state index contributed by atoms with van der Waals surface area (Å²) >= 11 is 6.78. The molecular weight excluding hydrogens is 557 g/mol. The summed E-state index contributed by atoms with van der Waals surface area (Å²) in [5, 5.41) is 9.88. The molecule has 41 heavy (non-hydrogen) atoms. The average Bonchev–Trinajstić information content (AvgIpc) is 3.20. The van der Waals surface area contributed by atoms with E-state index in [1.807, 2.05) is 37.3 Å². The summed E-state index contributed by atoms with van der Waals surface area (Å²) in [7, 11) is 1.77. The topological polar surface area (TPSA) is 96.3 Å². The van der Waals surface area contributed by atoms with Crippen molar-refractivity contribution in [3.05, 3.63) is 78.3 Å². The third-order valence-corrected chi connectivity index (χ3v) is 9.19. The Bertz CT molecular complexity index is 1730. The molecule has 1 amide bonds. The van der Waals surface area contributed by atoms with E-state index in [-0.39, 0.29) is 26.7 Å². The van der Waals surface area contributed by atoms with E-state index in [1.54, 1.807) is 36.2 Å². The molecule has 1 aromatic carbocycles. The molecule has 0 radical (unpaired) electrons. The third-order valence-electron chi connectivity index (χ3n) is 7.88. The number of hydrogen-bond donors (Lipinski definition) is 0. The minimum atomic E-state index is -0.403. The molecule has 0 bridgehead atoms. The maximum absolute atomic E-state index is 14.0. The van der Waals surface area contributed by atoms with Gasteiger partial charge in [0.15, 0.2) is 4.32 Å². The first kappa shape index (κ1) is 28.6. The van der Waals surface area contributed by atoms with Crippen LogP contribution in [-0.2, 0) is 18.4 Å². The summed E-state index contributed by atoms with van der Waals surface area (Å²) in [4.78, 5) is 44.8. The SMILES string of the molecule is CCn1c(N2CCCCCC2)c(/C=C2\SC(=S)N(c3c(C)n(C)n(-c4ccccc4)c3=O)C2=O)c(C)c(C#N)c1=O. The second-order valence-electron chi connectivity index (χ2n) is 10.2. The number of aromatic nitrogens is 3. The average molecular weight is 589 g/mol. The van der Waals surface area contributed by atoms with Crippen LogP contribution in [0.4, 0.5) is 11.5 Å². The molecule has 0 unspecified atom stereocenters. The number of thioether (sulfide) groups is 1. The lowest BCUT2D eigenvalue weighted by molar-refractivity contribution is -0.113. The molecule has 4 heterocycles. The first-order chi connectivity index (χ1) is 19.7. The number of pyridine rings is 1. The monoisotopic (exact) mass is 588 g/mol. The van der Waals surface area contributed by atoms with Crippen molar-refractivity contribution in [1.29, 1.82) is 5.26 Å². The number of hydrogen-bond acceptors (Lipinski definition) is 7. The molecule has 2 aliphatic heterocycles. The van der Waals surface area contributed by atoms with E-state index in [9.17, 15) is 19.6 Å². The zero-order valence-corrected chi connectivity index (χ0v) is 25.3. The Balaban J connectivity index is 1.66. The summed E-state index contributed by atoms with van der Waals surface area (Å²) < 4.78 is 5.13. The predicted octanol–water partition coefficient (Wildman–Crippen LogP) is 4.63. The summed E-state index contributed by atoms with van der Waals surface area (Å²) in [5.74, 6) is 0.323. The molecule has 0 aliphatic carbocycles. The van der Waals surface area contributed by atoms with Crippen molar-refractivity contribution in [2.24, 2.45) is 7.05 Å². The van der Waals surface area contributed by atoms with Gasteiger partial charge in [-0.25, -0.2) is 4.68 Å². The van der Waals surface area contributed by atoms with E-state index in [0.717, 1.165) is 56.4 Å². The summed E-state index contributed by atoms with van der Waals surface area (Å²) in [6, 6.07) is 11.3. The Morgan fingerprint density at radius 3 is 2.29 bits per heavy atom. The Morgan fingerprint density at radius 1 is 1.02 bits per heavy atom. The molecule has 5 rings (SSSR count). The predicted molar refractivity (Wildman–Crippen MR) is 168 cm³/mol. The number of carbonyl (C=O) groups is 1. The summed E-state index contributed by atoms with van der Waals surface area (Å²) in [6.45, 7) is 7.40. The minimum Gasteiger partial charge on any atom is -0.357 e. The molecule has 2 aromatic heterocycles. The number of carbonyl (C=O) groups excluding carboxylic acids is 1. The Kier molecular flexibility index (Phi) is 8.07. The highest BCUT2D eigenvalue weighted by atomic mass is 32.2. The van der Waals surface area contributed by atoms with Gasteiger partial charge in [0, 0.05) is 32.2 Å². The van der Waals surface area contributed by atoms with Gasteiger partial charge < -0.3 is 4.90 Å². The number of anilines is 2. The second kappa shape index (κ2) is 11.5. The van der Waals surface area contributed by atoms with Crippen LogP contribution in [0, 0.1) is 25.2 Å². The summed E-state index contributed by atoms with van der Waals surface area (Å²) in [6.07, 6.45) is 5.98. The van der Waals surface area contributed by atoms with Gasteiger partial charge in [0.05, 0.1) is 16.3 Å². The fourth-order valence-electron chi connectivity index (χ4n) is 5.66. The highest BCUT2D eigenvalue weighted by Gasteiger charge is 2.38. The first-order valence-corrected chi connectivity index (χ1v) is 15.0. The van der Waals surface area contributed by atoms with Gasteiger partial charge in [-0.1, -0.05) is 55.0 Å². The molecule has 0 atom stereocenters. The van der Waals surface area contributed by atoms with Crippen molar-refractivity contribution < 1.29 is 4.79 Å². The van der Waals surface area contributed by atoms with Gasteiger partial charge in [0.25, 0.3) is 17.0 Å². The van der Waals surface area contributed by atoms with Crippen molar-refractivity contribution in [1.82, 2.24) is 13.9 Å². The molecule has 2 aliphatic rings. The van der Waals surface area contributed by atoms with Crippen LogP contribution in [0.3, 0.4) is 0 Å². The Hall–Kier alpha value is -3.88. The lowest BCUT2D eigenvalue weighted by atomic mass is 10.0. The van der Waals surface area contributed by atoms with Crippen molar-refractivity contribution in [3.8, 4) is 11.8 Å². The number of benzene rings is 1. The zero-order chi connectivity index (χ0) is 29.4. The van der Waals surface area contributed by atoms with Crippen LogP contribution in [-0.4, -0.2) is 37.2 Å². The summed E-state index contributed by atoms with van der Waals surface area (Å²) in [5.41, 5.74) is 2.09. The fraction of sp³-hybridized carbons (Fsp3) is 0.367. The van der Waals surface area contributed by atoms with Gasteiger partial charge >= 0.3 is 0 Å². The number of rotatable bonds is 5. The molecule has 2 fully saturated rings. The first-order valence-electron chi connectivity index (χ1n) is 13.8. The van der Waals surface area contributed by atoms with E-state index in [1.165, 1.54) is 9.58 Å². The highest BCUT2D eigenvalue weighted by molar-refractivity contribution is 8.27. The molecule has 3 aromatic rings. The maximum atomic E-state index is 14.0. The normalized spacial score (nSPS) is 16.9. The lowest BCUT2D eigenvalue weighted by Crippen LogP contribution is -2.35. The van der Waals surface area contributed by atoms with Crippen molar-refractivity contribution in [2.45, 2.75) is 53.0 Å². The molecule has 9 nitrogen and oxygen atoms in total. The van der Waals surface area contributed by atoms with Gasteiger partial charge in [0.1, 0.15) is 23.1 Å². The van der Waals surface area contributed by atoms with Gasteiger partial charge in [-0.3, -0.25) is 28.5 Å². The zero-order valence-electron chi connectivity index (χ0n) is 23.6. The Labute approximate surface area is 248 Å². The van der Waals surface area contributed by atoms with E-state index in [2.05, 4.69) is 11.0 Å². The molecule has 11 heteroatoms. The highest BCUT2D eigenvalue weighted by Crippen LogP contribution is 2.38. The smallest absolute Gasteiger partial charge is 0.296 e. The third kappa shape index (κ3) is 4.85. The number of amides is 1. The Morgan fingerprint density at radius 2 is 1.68 bits per heavy atom.